The molecule has 94 valence electrons. The Hall–Kier alpha value is -1.83. The molecule has 0 saturated carbocycles. The fourth-order valence-corrected chi connectivity index (χ4v) is 2.03. The summed E-state index contributed by atoms with van der Waals surface area (Å²) in [7, 11) is 1.67. The van der Waals surface area contributed by atoms with Crippen LogP contribution in [0.2, 0.25) is 0 Å². The normalized spacial score (nSPS) is 10.7. The van der Waals surface area contributed by atoms with Gasteiger partial charge in [0.15, 0.2) is 0 Å². The summed E-state index contributed by atoms with van der Waals surface area (Å²) in [5.74, 6) is 1.04. The second kappa shape index (κ2) is 5.21. The molecule has 2 heteroatoms. The lowest BCUT2D eigenvalue weighted by atomic mass is 9.96. The molecule has 0 bridgehead atoms. The van der Waals surface area contributed by atoms with Crippen molar-refractivity contribution in [2.75, 3.05) is 7.11 Å². The second-order valence-electron chi connectivity index (χ2n) is 4.62. The number of rotatable bonds is 3. The van der Waals surface area contributed by atoms with Crippen LogP contribution in [0.15, 0.2) is 42.5 Å². The monoisotopic (exact) mass is 244 g/mol. The van der Waals surface area contributed by atoms with E-state index < -0.39 is 0 Å². The van der Waals surface area contributed by atoms with Crippen molar-refractivity contribution in [3.05, 3.63) is 53.8 Å². The minimum absolute atomic E-state index is 0.214. The van der Waals surface area contributed by atoms with Gasteiger partial charge in [0.1, 0.15) is 11.6 Å². The maximum atomic E-state index is 13.2. The highest BCUT2D eigenvalue weighted by molar-refractivity contribution is 5.66. The Balaban J connectivity index is 2.50. The van der Waals surface area contributed by atoms with E-state index in [2.05, 4.69) is 19.9 Å². The molecular weight excluding hydrogens is 227 g/mol. The topological polar surface area (TPSA) is 9.23 Å². The van der Waals surface area contributed by atoms with Gasteiger partial charge in [-0.2, -0.15) is 0 Å². The number of halogens is 1. The smallest absolute Gasteiger partial charge is 0.123 e. The zero-order valence-corrected chi connectivity index (χ0v) is 10.9. The summed E-state index contributed by atoms with van der Waals surface area (Å²) < 4.78 is 18.6. The van der Waals surface area contributed by atoms with Crippen LogP contribution in [0.4, 0.5) is 4.39 Å². The van der Waals surface area contributed by atoms with Crippen molar-refractivity contribution < 1.29 is 9.13 Å². The molecule has 0 fully saturated rings. The Labute approximate surface area is 107 Å². The molecule has 0 unspecified atom stereocenters. The van der Waals surface area contributed by atoms with Crippen LogP contribution in [0.1, 0.15) is 25.3 Å². The van der Waals surface area contributed by atoms with Gasteiger partial charge in [-0.25, -0.2) is 4.39 Å². The van der Waals surface area contributed by atoms with Crippen molar-refractivity contribution >= 4 is 0 Å². The molecule has 0 radical (unpaired) electrons. The summed E-state index contributed by atoms with van der Waals surface area (Å²) in [5.41, 5.74) is 3.04. The predicted octanol–water partition coefficient (Wildman–Crippen LogP) is 4.62. The number of hydrogen-bond acceptors (Lipinski definition) is 1. The van der Waals surface area contributed by atoms with Gasteiger partial charge < -0.3 is 4.74 Å². The standard InChI is InChI=1S/C16H17FO/c1-11(2)15-10-13(7-8-16(15)18-3)12-5-4-6-14(17)9-12/h4-11H,1-3H3. The van der Waals surface area contributed by atoms with E-state index in [0.29, 0.717) is 5.92 Å². The fourth-order valence-electron chi connectivity index (χ4n) is 2.03. The Kier molecular flexibility index (Phi) is 3.66. The minimum Gasteiger partial charge on any atom is -0.496 e. The molecule has 2 rings (SSSR count). The molecule has 0 heterocycles. The average molecular weight is 244 g/mol. The van der Waals surface area contributed by atoms with Crippen LogP contribution in [0.5, 0.6) is 5.75 Å². The summed E-state index contributed by atoms with van der Waals surface area (Å²) in [4.78, 5) is 0. The summed E-state index contributed by atoms with van der Waals surface area (Å²) in [5, 5.41) is 0. The van der Waals surface area contributed by atoms with Gasteiger partial charge in [0.05, 0.1) is 7.11 Å². The molecule has 0 aromatic heterocycles. The minimum atomic E-state index is -0.214. The van der Waals surface area contributed by atoms with Crippen LogP contribution in [0.3, 0.4) is 0 Å². The molecule has 0 N–H and O–H groups in total. The summed E-state index contributed by atoms with van der Waals surface area (Å²) in [6, 6.07) is 12.6. The second-order valence-corrected chi connectivity index (χ2v) is 4.62. The van der Waals surface area contributed by atoms with Crippen LogP contribution in [0.25, 0.3) is 11.1 Å². The first-order valence-electron chi connectivity index (χ1n) is 6.05. The van der Waals surface area contributed by atoms with Crippen molar-refractivity contribution in [3.8, 4) is 16.9 Å². The maximum Gasteiger partial charge on any atom is 0.123 e. The summed E-state index contributed by atoms with van der Waals surface area (Å²) >= 11 is 0. The molecule has 0 aliphatic heterocycles. The van der Waals surface area contributed by atoms with Gasteiger partial charge in [-0.1, -0.05) is 32.0 Å². The Morgan fingerprint density at radius 3 is 2.33 bits per heavy atom. The van der Waals surface area contributed by atoms with Gasteiger partial charge in [0, 0.05) is 0 Å². The largest absolute Gasteiger partial charge is 0.496 e. The summed E-state index contributed by atoms with van der Waals surface area (Å²) in [6.45, 7) is 4.24. The first kappa shape index (κ1) is 12.6. The number of ether oxygens (including phenoxy) is 1. The molecule has 0 saturated heterocycles. The van der Waals surface area contributed by atoms with Gasteiger partial charge in [0.25, 0.3) is 0 Å². The quantitative estimate of drug-likeness (QED) is 0.765. The van der Waals surface area contributed by atoms with Gasteiger partial charge >= 0.3 is 0 Å². The van der Waals surface area contributed by atoms with Crippen molar-refractivity contribution in [2.45, 2.75) is 19.8 Å². The molecule has 2 aromatic rings. The first-order chi connectivity index (χ1) is 8.61. The van der Waals surface area contributed by atoms with Crippen LogP contribution in [-0.2, 0) is 0 Å². The molecule has 0 aliphatic carbocycles. The number of methoxy groups -OCH3 is 1. The molecule has 18 heavy (non-hydrogen) atoms. The van der Waals surface area contributed by atoms with Crippen molar-refractivity contribution in [3.63, 3.8) is 0 Å². The third-order valence-electron chi connectivity index (χ3n) is 3.01. The maximum absolute atomic E-state index is 13.2. The van der Waals surface area contributed by atoms with Crippen LogP contribution < -0.4 is 4.74 Å². The predicted molar refractivity (Wildman–Crippen MR) is 72.5 cm³/mol. The lowest BCUT2D eigenvalue weighted by Gasteiger charge is -2.13. The van der Waals surface area contributed by atoms with Crippen molar-refractivity contribution in [1.82, 2.24) is 0 Å². The SMILES string of the molecule is COc1ccc(-c2cccc(F)c2)cc1C(C)C. The lowest BCUT2D eigenvalue weighted by Crippen LogP contribution is -1.95. The Bertz CT molecular complexity index is 547. The van der Waals surface area contributed by atoms with Crippen molar-refractivity contribution in [2.24, 2.45) is 0 Å². The van der Waals surface area contributed by atoms with E-state index in [9.17, 15) is 4.39 Å². The molecule has 2 aromatic carbocycles. The van der Waals surface area contributed by atoms with Gasteiger partial charge in [-0.05, 0) is 46.9 Å². The van der Waals surface area contributed by atoms with Crippen LogP contribution in [0, 0.1) is 5.82 Å². The highest BCUT2D eigenvalue weighted by atomic mass is 19.1. The van der Waals surface area contributed by atoms with Gasteiger partial charge in [-0.3, -0.25) is 0 Å². The van der Waals surface area contributed by atoms with Gasteiger partial charge in [-0.15, -0.1) is 0 Å². The molecule has 0 spiro atoms. The molecule has 1 nitrogen and oxygen atoms in total. The number of benzene rings is 2. The molecule has 0 aliphatic rings. The van der Waals surface area contributed by atoms with E-state index in [0.717, 1.165) is 22.4 Å². The fraction of sp³-hybridized carbons (Fsp3) is 0.250. The molecule has 0 atom stereocenters. The molecule has 0 amide bonds. The molecular formula is C16H17FO. The first-order valence-corrected chi connectivity index (χ1v) is 6.05. The van der Waals surface area contributed by atoms with E-state index >= 15 is 0 Å². The highest BCUT2D eigenvalue weighted by Gasteiger charge is 2.09. The Morgan fingerprint density at radius 2 is 1.72 bits per heavy atom. The zero-order chi connectivity index (χ0) is 13.1. The number of hydrogen-bond donors (Lipinski definition) is 0. The summed E-state index contributed by atoms with van der Waals surface area (Å²) in [6.07, 6.45) is 0. The van der Waals surface area contributed by atoms with E-state index in [-0.39, 0.29) is 5.82 Å². The third-order valence-corrected chi connectivity index (χ3v) is 3.01. The highest BCUT2D eigenvalue weighted by Crippen LogP contribution is 2.31. The average Bonchev–Trinajstić information content (AvgIpc) is 2.38. The van der Waals surface area contributed by atoms with Crippen LogP contribution in [-0.4, -0.2) is 7.11 Å². The zero-order valence-electron chi connectivity index (χ0n) is 10.9. The Morgan fingerprint density at radius 1 is 1.00 bits per heavy atom. The third kappa shape index (κ3) is 2.53. The van der Waals surface area contributed by atoms with E-state index in [1.165, 1.54) is 6.07 Å². The van der Waals surface area contributed by atoms with E-state index in [4.69, 9.17) is 4.74 Å². The van der Waals surface area contributed by atoms with Crippen LogP contribution >= 0.6 is 0 Å². The van der Waals surface area contributed by atoms with Crippen molar-refractivity contribution in [1.29, 1.82) is 0 Å². The van der Waals surface area contributed by atoms with E-state index in [1.807, 2.05) is 18.2 Å². The lowest BCUT2D eigenvalue weighted by molar-refractivity contribution is 0.407. The van der Waals surface area contributed by atoms with Gasteiger partial charge in [0.2, 0.25) is 0 Å². The van der Waals surface area contributed by atoms with E-state index in [1.54, 1.807) is 19.2 Å².